The zero-order valence-corrected chi connectivity index (χ0v) is 22.2. The predicted octanol–water partition coefficient (Wildman–Crippen LogP) is 7.64. The molecule has 0 spiro atoms. The van der Waals surface area contributed by atoms with Gasteiger partial charge in [-0.25, -0.2) is 4.79 Å². The number of benzene rings is 4. The van der Waals surface area contributed by atoms with Gasteiger partial charge in [-0.3, -0.25) is 0 Å². The molecule has 0 saturated carbocycles. The second-order valence-electron chi connectivity index (χ2n) is 9.10. The van der Waals surface area contributed by atoms with Crippen molar-refractivity contribution in [1.82, 2.24) is 10.6 Å². The van der Waals surface area contributed by atoms with Crippen LogP contribution in [0.4, 0.5) is 4.79 Å². The van der Waals surface area contributed by atoms with Crippen LogP contribution in [0.3, 0.4) is 0 Å². The van der Waals surface area contributed by atoms with Crippen molar-refractivity contribution in [2.24, 2.45) is 0 Å². The molecule has 0 aliphatic rings. The zero-order valence-electron chi connectivity index (χ0n) is 22.2. The van der Waals surface area contributed by atoms with E-state index in [1.807, 2.05) is 55.6 Å². The Morgan fingerprint density at radius 3 is 1.24 bits per heavy atom. The third kappa shape index (κ3) is 8.06. The smallest absolute Gasteiger partial charge is 0.407 e. The maximum atomic E-state index is 11.6. The van der Waals surface area contributed by atoms with E-state index in [2.05, 4.69) is 97.3 Å². The van der Waals surface area contributed by atoms with Crippen molar-refractivity contribution >= 4 is 6.09 Å². The SMILES string of the molecule is CN[C@@H](c1ccccc1)[C@@H](C)c1ccccc1.COC(=O)N[C@@H](c1ccccc1)[C@@H](C)c1ccccc1. The normalized spacial score (nSPS) is 13.7. The van der Waals surface area contributed by atoms with Crippen LogP contribution in [0.5, 0.6) is 0 Å². The van der Waals surface area contributed by atoms with Crippen molar-refractivity contribution in [3.8, 4) is 0 Å². The Hall–Kier alpha value is -3.89. The Morgan fingerprint density at radius 1 is 0.568 bits per heavy atom. The van der Waals surface area contributed by atoms with Crippen LogP contribution >= 0.6 is 0 Å². The van der Waals surface area contributed by atoms with Gasteiger partial charge >= 0.3 is 6.09 Å². The highest BCUT2D eigenvalue weighted by molar-refractivity contribution is 5.68. The highest BCUT2D eigenvalue weighted by atomic mass is 16.5. The molecule has 4 nitrogen and oxygen atoms in total. The lowest BCUT2D eigenvalue weighted by Crippen LogP contribution is -2.31. The molecule has 0 heterocycles. The fraction of sp³-hybridized carbons (Fsp3) is 0.242. The van der Waals surface area contributed by atoms with Gasteiger partial charge in [-0.1, -0.05) is 135 Å². The van der Waals surface area contributed by atoms with E-state index >= 15 is 0 Å². The van der Waals surface area contributed by atoms with E-state index in [-0.39, 0.29) is 12.0 Å². The van der Waals surface area contributed by atoms with Crippen molar-refractivity contribution in [1.29, 1.82) is 0 Å². The van der Waals surface area contributed by atoms with Crippen LogP contribution in [0.2, 0.25) is 0 Å². The number of ether oxygens (including phenoxy) is 1. The van der Waals surface area contributed by atoms with Gasteiger partial charge in [0.2, 0.25) is 0 Å². The number of hydrogen-bond donors (Lipinski definition) is 2. The van der Waals surface area contributed by atoms with Crippen molar-refractivity contribution < 1.29 is 9.53 Å². The molecule has 0 radical (unpaired) electrons. The monoisotopic (exact) mass is 494 g/mol. The molecule has 0 unspecified atom stereocenters. The van der Waals surface area contributed by atoms with Gasteiger partial charge in [-0.05, 0) is 29.3 Å². The van der Waals surface area contributed by atoms with Gasteiger partial charge < -0.3 is 15.4 Å². The molecule has 1 amide bonds. The van der Waals surface area contributed by atoms with E-state index in [1.54, 1.807) is 0 Å². The van der Waals surface area contributed by atoms with Crippen LogP contribution in [0.15, 0.2) is 121 Å². The molecule has 0 bridgehead atoms. The van der Waals surface area contributed by atoms with Gasteiger partial charge in [0.25, 0.3) is 0 Å². The summed E-state index contributed by atoms with van der Waals surface area (Å²) in [5.74, 6) is 0.612. The lowest BCUT2D eigenvalue weighted by Gasteiger charge is -2.25. The number of likely N-dealkylation sites (N-methyl/N-ethyl adjacent to an activating group) is 1. The maximum Gasteiger partial charge on any atom is 0.407 e. The fourth-order valence-electron chi connectivity index (χ4n) is 4.61. The number of hydrogen-bond acceptors (Lipinski definition) is 3. The Kier molecular flexibility index (Phi) is 10.9. The lowest BCUT2D eigenvalue weighted by atomic mass is 9.88. The third-order valence-electron chi connectivity index (χ3n) is 6.74. The highest BCUT2D eigenvalue weighted by Gasteiger charge is 2.23. The molecule has 0 aliphatic heterocycles. The minimum Gasteiger partial charge on any atom is -0.453 e. The second kappa shape index (κ2) is 14.6. The molecular formula is C33H38N2O2. The molecule has 4 rings (SSSR count). The highest BCUT2D eigenvalue weighted by Crippen LogP contribution is 2.31. The molecule has 0 aliphatic carbocycles. The van der Waals surface area contributed by atoms with Crippen LogP contribution in [0.25, 0.3) is 0 Å². The number of alkyl carbamates (subject to hydrolysis) is 1. The van der Waals surface area contributed by atoms with E-state index in [0.717, 1.165) is 5.56 Å². The first-order valence-electron chi connectivity index (χ1n) is 12.8. The molecule has 192 valence electrons. The lowest BCUT2D eigenvalue weighted by molar-refractivity contribution is 0.165. The molecular weight excluding hydrogens is 456 g/mol. The Bertz CT molecular complexity index is 1170. The van der Waals surface area contributed by atoms with Gasteiger partial charge in [-0.15, -0.1) is 0 Å². The van der Waals surface area contributed by atoms with Gasteiger partial charge in [0, 0.05) is 17.9 Å². The van der Waals surface area contributed by atoms with E-state index in [4.69, 9.17) is 4.74 Å². The van der Waals surface area contributed by atoms with Gasteiger partial charge in [0.15, 0.2) is 0 Å². The number of methoxy groups -OCH3 is 1. The Labute approximate surface area is 221 Å². The van der Waals surface area contributed by atoms with Gasteiger partial charge in [0.05, 0.1) is 13.2 Å². The summed E-state index contributed by atoms with van der Waals surface area (Å²) in [6.45, 7) is 4.37. The summed E-state index contributed by atoms with van der Waals surface area (Å²) >= 11 is 0. The van der Waals surface area contributed by atoms with E-state index in [0.29, 0.717) is 12.0 Å². The summed E-state index contributed by atoms with van der Waals surface area (Å²) in [6.07, 6.45) is -0.415. The van der Waals surface area contributed by atoms with Gasteiger partial charge in [0.1, 0.15) is 0 Å². The van der Waals surface area contributed by atoms with Crippen LogP contribution in [0.1, 0.15) is 60.0 Å². The van der Waals surface area contributed by atoms with E-state index < -0.39 is 6.09 Å². The molecule has 4 aromatic rings. The first-order chi connectivity index (χ1) is 18.0. The molecule has 37 heavy (non-hydrogen) atoms. The molecule has 0 saturated heterocycles. The molecule has 4 heteroatoms. The van der Waals surface area contributed by atoms with Crippen molar-refractivity contribution in [3.63, 3.8) is 0 Å². The fourth-order valence-corrected chi connectivity index (χ4v) is 4.61. The van der Waals surface area contributed by atoms with Crippen LogP contribution in [-0.2, 0) is 4.74 Å². The summed E-state index contributed by atoms with van der Waals surface area (Å²) < 4.78 is 4.74. The predicted molar refractivity (Wildman–Crippen MR) is 153 cm³/mol. The number of carbonyl (C=O) groups excluding carboxylic acids is 1. The average Bonchev–Trinajstić information content (AvgIpc) is 2.98. The Balaban J connectivity index is 0.000000208. The van der Waals surface area contributed by atoms with E-state index in [1.165, 1.54) is 23.8 Å². The maximum absolute atomic E-state index is 11.6. The summed E-state index contributed by atoms with van der Waals surface area (Å²) in [6, 6.07) is 41.6. The summed E-state index contributed by atoms with van der Waals surface area (Å²) in [5, 5.41) is 6.34. The first-order valence-corrected chi connectivity index (χ1v) is 12.8. The van der Waals surface area contributed by atoms with Crippen molar-refractivity contribution in [2.75, 3.05) is 14.2 Å². The number of amides is 1. The molecule has 4 aromatic carbocycles. The van der Waals surface area contributed by atoms with Crippen molar-refractivity contribution in [3.05, 3.63) is 144 Å². The number of rotatable bonds is 8. The Morgan fingerprint density at radius 2 is 0.892 bits per heavy atom. The van der Waals surface area contributed by atoms with Crippen LogP contribution < -0.4 is 10.6 Å². The standard InChI is InChI=1S/C17H19NO2.C16H19N/c1-13(14-9-5-3-6-10-14)16(18-17(19)20-2)15-11-7-4-8-12-15;1-13(14-9-5-3-6-10-14)16(17-2)15-11-7-4-8-12-15/h3-13,16H,1-2H3,(H,18,19);3-13,16-17H,1-2H3/t2*13-,16+/m00/s1. The molecule has 4 atom stereocenters. The van der Waals surface area contributed by atoms with Crippen LogP contribution in [-0.4, -0.2) is 20.3 Å². The van der Waals surface area contributed by atoms with Crippen molar-refractivity contribution in [2.45, 2.75) is 37.8 Å². The summed E-state index contributed by atoms with van der Waals surface area (Å²) in [5.41, 5.74) is 4.95. The van der Waals surface area contributed by atoms with Crippen LogP contribution in [0, 0.1) is 0 Å². The topological polar surface area (TPSA) is 50.4 Å². The second-order valence-corrected chi connectivity index (χ2v) is 9.10. The average molecular weight is 495 g/mol. The minimum atomic E-state index is -0.415. The first kappa shape index (κ1) is 27.7. The van der Waals surface area contributed by atoms with Gasteiger partial charge in [-0.2, -0.15) is 0 Å². The van der Waals surface area contributed by atoms with E-state index in [9.17, 15) is 4.79 Å². The summed E-state index contributed by atoms with van der Waals surface area (Å²) in [7, 11) is 3.40. The number of nitrogens with one attached hydrogen (secondary N) is 2. The molecule has 2 N–H and O–H groups in total. The number of carbonyl (C=O) groups is 1. The quantitative estimate of drug-likeness (QED) is 0.265. The largest absolute Gasteiger partial charge is 0.453 e. The zero-order chi connectivity index (χ0) is 26.5. The minimum absolute atomic E-state index is 0.119. The summed E-state index contributed by atoms with van der Waals surface area (Å²) in [4.78, 5) is 11.6. The molecule has 0 aromatic heterocycles. The third-order valence-corrected chi connectivity index (χ3v) is 6.74. The molecule has 0 fully saturated rings.